The van der Waals surface area contributed by atoms with Gasteiger partial charge in [0.15, 0.2) is 5.54 Å². The molecule has 1 aliphatic heterocycles. The number of benzene rings is 1. The predicted molar refractivity (Wildman–Crippen MR) is 97.0 cm³/mol. The highest BCUT2D eigenvalue weighted by atomic mass is 35.5. The summed E-state index contributed by atoms with van der Waals surface area (Å²) in [7, 11) is 0. The summed E-state index contributed by atoms with van der Waals surface area (Å²) in [5.74, 6) is -1.01. The first-order chi connectivity index (χ1) is 11.8. The molecule has 130 valence electrons. The smallest absolute Gasteiger partial charge is 0.323 e. The minimum atomic E-state index is -1.16. The fraction of sp³-hybridized carbons (Fsp3) is 0.188. The van der Waals surface area contributed by atoms with E-state index in [-0.39, 0.29) is 5.02 Å². The van der Waals surface area contributed by atoms with E-state index in [4.69, 9.17) is 23.2 Å². The van der Waals surface area contributed by atoms with E-state index >= 15 is 0 Å². The molecule has 0 radical (unpaired) electrons. The van der Waals surface area contributed by atoms with Gasteiger partial charge >= 0.3 is 6.03 Å². The molecule has 0 aliphatic carbocycles. The number of hydrogen-bond donors (Lipinski definition) is 2. The second kappa shape index (κ2) is 6.67. The summed E-state index contributed by atoms with van der Waals surface area (Å²) in [4.78, 5) is 38.6. The van der Waals surface area contributed by atoms with Gasteiger partial charge in [-0.25, -0.2) is 4.79 Å². The number of thiophene rings is 1. The Hall–Kier alpha value is -2.09. The van der Waals surface area contributed by atoms with Crippen LogP contribution in [0, 0.1) is 0 Å². The van der Waals surface area contributed by atoms with E-state index in [1.165, 1.54) is 17.4 Å². The van der Waals surface area contributed by atoms with E-state index < -0.39 is 29.9 Å². The molecule has 1 fully saturated rings. The number of halogens is 2. The van der Waals surface area contributed by atoms with E-state index in [1.54, 1.807) is 31.2 Å². The van der Waals surface area contributed by atoms with Gasteiger partial charge in [-0.1, -0.05) is 29.3 Å². The molecule has 2 aromatic rings. The molecule has 1 aromatic carbocycles. The number of anilines is 1. The number of carbonyl (C=O) groups is 3. The van der Waals surface area contributed by atoms with Crippen molar-refractivity contribution in [1.29, 1.82) is 0 Å². The van der Waals surface area contributed by atoms with Crippen LogP contribution >= 0.6 is 34.5 Å². The third kappa shape index (κ3) is 3.35. The van der Waals surface area contributed by atoms with E-state index in [1.807, 2.05) is 5.38 Å². The van der Waals surface area contributed by atoms with Crippen molar-refractivity contribution in [1.82, 2.24) is 10.2 Å². The quantitative estimate of drug-likeness (QED) is 0.775. The Morgan fingerprint density at radius 1 is 1.32 bits per heavy atom. The highest BCUT2D eigenvalue weighted by molar-refractivity contribution is 7.10. The molecule has 1 aliphatic rings. The lowest BCUT2D eigenvalue weighted by Crippen LogP contribution is -2.41. The number of imide groups is 1. The zero-order valence-corrected chi connectivity index (χ0v) is 15.3. The van der Waals surface area contributed by atoms with Gasteiger partial charge in [0.2, 0.25) is 5.91 Å². The Morgan fingerprint density at radius 3 is 2.72 bits per heavy atom. The molecule has 1 unspecified atom stereocenters. The number of rotatable bonds is 4. The fourth-order valence-corrected chi connectivity index (χ4v) is 3.79. The molecule has 4 amide bonds. The highest BCUT2D eigenvalue weighted by Gasteiger charge is 2.50. The van der Waals surface area contributed by atoms with Crippen LogP contribution in [0.4, 0.5) is 10.5 Å². The second-order valence-electron chi connectivity index (χ2n) is 5.60. The van der Waals surface area contributed by atoms with Crippen LogP contribution in [0.5, 0.6) is 0 Å². The van der Waals surface area contributed by atoms with Gasteiger partial charge in [0, 0.05) is 9.90 Å². The maximum absolute atomic E-state index is 12.7. The molecule has 2 heterocycles. The van der Waals surface area contributed by atoms with Crippen LogP contribution in [0.2, 0.25) is 10.0 Å². The number of hydrogen-bond acceptors (Lipinski definition) is 4. The monoisotopic (exact) mass is 397 g/mol. The summed E-state index contributed by atoms with van der Waals surface area (Å²) in [6.45, 7) is 1.21. The van der Waals surface area contributed by atoms with Crippen LogP contribution in [-0.2, 0) is 15.1 Å². The van der Waals surface area contributed by atoms with E-state index in [0.717, 1.165) is 4.90 Å². The third-order valence-electron chi connectivity index (χ3n) is 3.80. The lowest BCUT2D eigenvalue weighted by atomic mass is 10.0. The zero-order chi connectivity index (χ0) is 18.2. The number of amides is 4. The van der Waals surface area contributed by atoms with Gasteiger partial charge in [-0.05, 0) is 36.6 Å². The summed E-state index contributed by atoms with van der Waals surface area (Å²) in [5.41, 5.74) is -0.812. The summed E-state index contributed by atoms with van der Waals surface area (Å²) >= 11 is 13.2. The van der Waals surface area contributed by atoms with Crippen molar-refractivity contribution in [2.75, 3.05) is 11.9 Å². The van der Waals surface area contributed by atoms with E-state index in [0.29, 0.717) is 15.6 Å². The van der Waals surface area contributed by atoms with Gasteiger partial charge in [-0.3, -0.25) is 14.5 Å². The van der Waals surface area contributed by atoms with Crippen molar-refractivity contribution in [2.45, 2.75) is 12.5 Å². The van der Waals surface area contributed by atoms with Crippen molar-refractivity contribution >= 4 is 58.1 Å². The Labute approximate surface area is 157 Å². The van der Waals surface area contributed by atoms with Crippen molar-refractivity contribution < 1.29 is 14.4 Å². The summed E-state index contributed by atoms with van der Waals surface area (Å²) in [6, 6.07) is 7.55. The van der Waals surface area contributed by atoms with E-state index in [2.05, 4.69) is 10.6 Å². The topological polar surface area (TPSA) is 78.5 Å². The molecule has 25 heavy (non-hydrogen) atoms. The first-order valence-corrected chi connectivity index (χ1v) is 8.88. The molecule has 9 heteroatoms. The molecule has 0 saturated carbocycles. The fourth-order valence-electron chi connectivity index (χ4n) is 2.49. The molecule has 2 N–H and O–H groups in total. The normalized spacial score (nSPS) is 19.9. The Morgan fingerprint density at radius 2 is 2.08 bits per heavy atom. The van der Waals surface area contributed by atoms with Crippen molar-refractivity contribution in [3.05, 3.63) is 50.6 Å². The van der Waals surface area contributed by atoms with Crippen molar-refractivity contribution in [3.63, 3.8) is 0 Å². The van der Waals surface area contributed by atoms with Gasteiger partial charge in [0.1, 0.15) is 6.54 Å². The van der Waals surface area contributed by atoms with Gasteiger partial charge < -0.3 is 10.6 Å². The lowest BCUT2D eigenvalue weighted by Gasteiger charge is -2.20. The first kappa shape index (κ1) is 17.7. The average molecular weight is 398 g/mol. The molecule has 0 bridgehead atoms. The van der Waals surface area contributed by atoms with Crippen LogP contribution in [0.1, 0.15) is 11.8 Å². The van der Waals surface area contributed by atoms with Gasteiger partial charge in [0.25, 0.3) is 5.91 Å². The van der Waals surface area contributed by atoms with Crippen molar-refractivity contribution in [2.24, 2.45) is 0 Å². The summed E-state index contributed by atoms with van der Waals surface area (Å²) < 4.78 is 0. The zero-order valence-electron chi connectivity index (χ0n) is 13.0. The van der Waals surface area contributed by atoms with Crippen LogP contribution in [0.25, 0.3) is 0 Å². The van der Waals surface area contributed by atoms with Crippen LogP contribution < -0.4 is 10.6 Å². The van der Waals surface area contributed by atoms with Gasteiger partial charge in [0.05, 0.1) is 10.7 Å². The number of nitrogens with zero attached hydrogens (tertiary/aromatic N) is 1. The van der Waals surface area contributed by atoms with Crippen molar-refractivity contribution in [3.8, 4) is 0 Å². The Bertz CT molecular complexity index is 856. The van der Waals surface area contributed by atoms with Crippen LogP contribution in [0.3, 0.4) is 0 Å². The summed E-state index contributed by atoms with van der Waals surface area (Å²) in [5, 5.41) is 7.73. The van der Waals surface area contributed by atoms with Crippen LogP contribution in [-0.4, -0.2) is 29.3 Å². The highest BCUT2D eigenvalue weighted by Crippen LogP contribution is 2.32. The average Bonchev–Trinajstić information content (AvgIpc) is 3.15. The Kier molecular flexibility index (Phi) is 4.73. The molecular weight excluding hydrogens is 385 g/mol. The van der Waals surface area contributed by atoms with Crippen LogP contribution in [0.15, 0.2) is 35.7 Å². The molecule has 1 saturated heterocycles. The largest absolute Gasteiger partial charge is 0.325 e. The third-order valence-corrected chi connectivity index (χ3v) is 5.44. The number of carbonyl (C=O) groups excluding carboxylic acids is 3. The molecule has 0 spiro atoms. The number of urea groups is 1. The molecule has 1 aromatic heterocycles. The van der Waals surface area contributed by atoms with Gasteiger partial charge in [-0.15, -0.1) is 11.3 Å². The maximum Gasteiger partial charge on any atom is 0.325 e. The summed E-state index contributed by atoms with van der Waals surface area (Å²) in [6.07, 6.45) is 0. The Balaban J connectivity index is 1.73. The standard InChI is InChI=1S/C16H13Cl2N3O3S/c1-16(12-3-2-6-25-12)14(23)21(15(24)20-16)8-13(22)19-11-5-4-9(17)7-10(11)18/h2-7H,8H2,1H3,(H,19,22)(H,20,24). The molecule has 1 atom stereocenters. The minimum absolute atomic E-state index is 0.265. The van der Waals surface area contributed by atoms with E-state index in [9.17, 15) is 14.4 Å². The van der Waals surface area contributed by atoms with Gasteiger partial charge in [-0.2, -0.15) is 0 Å². The molecule has 3 rings (SSSR count). The minimum Gasteiger partial charge on any atom is -0.323 e. The second-order valence-corrected chi connectivity index (χ2v) is 7.39. The SMILES string of the molecule is CC1(c2cccs2)NC(=O)N(CC(=O)Nc2ccc(Cl)cc2Cl)C1=O. The first-order valence-electron chi connectivity index (χ1n) is 7.24. The number of nitrogens with one attached hydrogen (secondary N) is 2. The predicted octanol–water partition coefficient (Wildman–Crippen LogP) is 3.46. The maximum atomic E-state index is 12.7. The molecular formula is C16H13Cl2N3O3S. The molecule has 6 nitrogen and oxygen atoms in total. The lowest BCUT2D eigenvalue weighted by molar-refractivity contribution is -0.133.